The molecule has 0 amide bonds. The summed E-state index contributed by atoms with van der Waals surface area (Å²) in [7, 11) is 0. The summed E-state index contributed by atoms with van der Waals surface area (Å²) in [4.78, 5) is 2.48. The van der Waals surface area contributed by atoms with Crippen LogP contribution in [0.1, 0.15) is 22.3 Å². The lowest BCUT2D eigenvalue weighted by molar-refractivity contribution is 0.775. The SMILES string of the molecule is c1ccc(-c2ccc(N(c3cccc(-c4ccccc4)c3)c3cccc4c3-c3ccccc3C43c4ccc5ccccc5c4-c4cccc5cccc3c45)cc2)cc1. The number of anilines is 3. The van der Waals surface area contributed by atoms with Gasteiger partial charge in [0.05, 0.1) is 11.1 Å². The van der Waals surface area contributed by atoms with E-state index in [1.165, 1.54) is 88.3 Å². The Morgan fingerprint density at radius 3 is 1.71 bits per heavy atom. The van der Waals surface area contributed by atoms with Crippen LogP contribution in [0, 0.1) is 0 Å². The fourth-order valence-electron chi connectivity index (χ4n) is 10.3. The number of hydrogen-bond donors (Lipinski definition) is 0. The van der Waals surface area contributed by atoms with Crippen LogP contribution in [0.15, 0.2) is 224 Å². The molecular formula is C57H37N. The largest absolute Gasteiger partial charge is 0.310 e. The summed E-state index contributed by atoms with van der Waals surface area (Å²) in [6, 6.07) is 83.1. The smallest absolute Gasteiger partial charge is 0.0726 e. The Morgan fingerprint density at radius 2 is 0.879 bits per heavy atom. The second-order valence-corrected chi connectivity index (χ2v) is 15.6. The van der Waals surface area contributed by atoms with Crippen molar-refractivity contribution in [3.63, 3.8) is 0 Å². The molecule has 58 heavy (non-hydrogen) atoms. The van der Waals surface area contributed by atoms with E-state index in [0.717, 1.165) is 17.1 Å². The first kappa shape index (κ1) is 32.7. The number of hydrogen-bond acceptors (Lipinski definition) is 1. The molecule has 10 aromatic carbocycles. The molecule has 0 saturated carbocycles. The van der Waals surface area contributed by atoms with Gasteiger partial charge in [-0.25, -0.2) is 0 Å². The fraction of sp³-hybridized carbons (Fsp3) is 0.0175. The van der Waals surface area contributed by atoms with Gasteiger partial charge in [0, 0.05) is 16.9 Å². The van der Waals surface area contributed by atoms with Crippen LogP contribution < -0.4 is 4.90 Å². The van der Waals surface area contributed by atoms with Crippen LogP contribution in [-0.4, -0.2) is 0 Å². The minimum Gasteiger partial charge on any atom is -0.310 e. The molecule has 0 fully saturated rings. The van der Waals surface area contributed by atoms with Gasteiger partial charge in [-0.15, -0.1) is 0 Å². The van der Waals surface area contributed by atoms with Crippen molar-refractivity contribution >= 4 is 38.6 Å². The van der Waals surface area contributed by atoms with Crippen molar-refractivity contribution in [2.75, 3.05) is 4.90 Å². The van der Waals surface area contributed by atoms with Crippen LogP contribution in [0.25, 0.3) is 66.1 Å². The standard InChI is InChI=1S/C57H37N/c1-3-15-38(16-4-1)40-31-34-44(35-32-40)58(45-23-11-22-43(37-45)39-17-5-2-6-18-39)53-30-14-29-51-56(53)47-25-9-10-27-49(47)57(51)50-28-13-21-42-20-12-26-48(54(42)50)55-46-24-8-7-19-41(46)33-36-52(55)57/h1-37H. The van der Waals surface area contributed by atoms with Crippen LogP contribution >= 0.6 is 0 Å². The van der Waals surface area contributed by atoms with Crippen molar-refractivity contribution in [2.45, 2.75) is 5.41 Å². The molecule has 0 N–H and O–H groups in total. The lowest BCUT2D eigenvalue weighted by atomic mass is 9.61. The van der Waals surface area contributed by atoms with E-state index in [4.69, 9.17) is 0 Å². The molecule has 1 heteroatoms. The third-order valence-electron chi connectivity index (χ3n) is 12.6. The molecule has 1 nitrogen and oxygen atoms in total. The van der Waals surface area contributed by atoms with E-state index in [1.54, 1.807) is 0 Å². The Bertz CT molecular complexity index is 3210. The average molecular weight is 736 g/mol. The predicted octanol–water partition coefficient (Wildman–Crippen LogP) is 15.1. The van der Waals surface area contributed by atoms with E-state index < -0.39 is 5.41 Å². The van der Waals surface area contributed by atoms with Crippen molar-refractivity contribution in [3.05, 3.63) is 247 Å². The van der Waals surface area contributed by atoms with Gasteiger partial charge in [0.1, 0.15) is 0 Å². The molecule has 0 aromatic heterocycles. The average Bonchev–Trinajstić information content (AvgIpc) is 3.60. The molecule has 2 aliphatic carbocycles. The molecular weight excluding hydrogens is 699 g/mol. The Balaban J connectivity index is 1.17. The second kappa shape index (κ2) is 12.8. The Morgan fingerprint density at radius 1 is 0.310 bits per heavy atom. The van der Waals surface area contributed by atoms with Crippen molar-refractivity contribution < 1.29 is 0 Å². The van der Waals surface area contributed by atoms with Gasteiger partial charge in [0.15, 0.2) is 0 Å². The molecule has 1 spiro atoms. The summed E-state index contributed by atoms with van der Waals surface area (Å²) in [6.07, 6.45) is 0. The number of fused-ring (bicyclic) bond motifs is 11. The first-order chi connectivity index (χ1) is 28.8. The van der Waals surface area contributed by atoms with Gasteiger partial charge in [-0.3, -0.25) is 0 Å². The lowest BCUT2D eigenvalue weighted by Gasteiger charge is -2.40. The zero-order valence-electron chi connectivity index (χ0n) is 31.8. The highest BCUT2D eigenvalue weighted by Gasteiger charge is 2.51. The first-order valence-electron chi connectivity index (χ1n) is 20.2. The summed E-state index contributed by atoms with van der Waals surface area (Å²) in [6.45, 7) is 0. The van der Waals surface area contributed by atoms with Gasteiger partial charge in [0.2, 0.25) is 0 Å². The van der Waals surface area contributed by atoms with E-state index >= 15 is 0 Å². The zero-order valence-corrected chi connectivity index (χ0v) is 31.8. The summed E-state index contributed by atoms with van der Waals surface area (Å²) < 4.78 is 0. The molecule has 1 unspecified atom stereocenters. The highest BCUT2D eigenvalue weighted by atomic mass is 15.1. The molecule has 0 saturated heterocycles. The topological polar surface area (TPSA) is 3.24 Å². The summed E-state index contributed by atoms with van der Waals surface area (Å²) >= 11 is 0. The quantitative estimate of drug-likeness (QED) is 0.170. The molecule has 0 aliphatic heterocycles. The maximum absolute atomic E-state index is 2.48. The molecule has 0 heterocycles. The normalized spacial score (nSPS) is 14.6. The van der Waals surface area contributed by atoms with Gasteiger partial charge in [-0.2, -0.15) is 0 Å². The molecule has 12 rings (SSSR count). The van der Waals surface area contributed by atoms with Crippen LogP contribution in [0.2, 0.25) is 0 Å². The van der Waals surface area contributed by atoms with Crippen LogP contribution in [0.5, 0.6) is 0 Å². The van der Waals surface area contributed by atoms with Gasteiger partial charge in [-0.1, -0.05) is 194 Å². The summed E-state index contributed by atoms with van der Waals surface area (Å²) in [5.74, 6) is 0. The molecule has 270 valence electrons. The van der Waals surface area contributed by atoms with Gasteiger partial charge in [0.25, 0.3) is 0 Å². The van der Waals surface area contributed by atoms with E-state index in [2.05, 4.69) is 229 Å². The van der Waals surface area contributed by atoms with Crippen LogP contribution in [0.3, 0.4) is 0 Å². The zero-order chi connectivity index (χ0) is 38.2. The lowest BCUT2D eigenvalue weighted by Crippen LogP contribution is -2.32. The second-order valence-electron chi connectivity index (χ2n) is 15.6. The Labute approximate surface area is 338 Å². The minimum atomic E-state index is -0.538. The monoisotopic (exact) mass is 735 g/mol. The molecule has 1 atom stereocenters. The van der Waals surface area contributed by atoms with Crippen molar-refractivity contribution in [1.82, 2.24) is 0 Å². The third-order valence-corrected chi connectivity index (χ3v) is 12.6. The molecule has 0 radical (unpaired) electrons. The number of benzene rings is 10. The number of rotatable bonds is 5. The van der Waals surface area contributed by atoms with E-state index in [0.29, 0.717) is 0 Å². The van der Waals surface area contributed by atoms with E-state index in [9.17, 15) is 0 Å². The van der Waals surface area contributed by atoms with E-state index in [-0.39, 0.29) is 0 Å². The predicted molar refractivity (Wildman–Crippen MR) is 243 cm³/mol. The highest BCUT2D eigenvalue weighted by Crippen LogP contribution is 2.64. The maximum atomic E-state index is 2.48. The minimum absolute atomic E-state index is 0.538. The molecule has 0 bridgehead atoms. The fourth-order valence-corrected chi connectivity index (χ4v) is 10.3. The van der Waals surface area contributed by atoms with Crippen molar-refractivity contribution in [3.8, 4) is 44.5 Å². The van der Waals surface area contributed by atoms with Gasteiger partial charge >= 0.3 is 0 Å². The third kappa shape index (κ3) is 4.65. The Hall–Kier alpha value is -7.48. The summed E-state index contributed by atoms with van der Waals surface area (Å²) in [5.41, 5.74) is 18.1. The first-order valence-corrected chi connectivity index (χ1v) is 20.2. The van der Waals surface area contributed by atoms with Crippen molar-refractivity contribution in [1.29, 1.82) is 0 Å². The van der Waals surface area contributed by atoms with E-state index in [1.807, 2.05) is 0 Å². The maximum Gasteiger partial charge on any atom is 0.0726 e. The highest BCUT2D eigenvalue weighted by molar-refractivity contribution is 6.14. The Kier molecular flexibility index (Phi) is 7.21. The van der Waals surface area contributed by atoms with Gasteiger partial charge < -0.3 is 4.90 Å². The molecule has 10 aromatic rings. The van der Waals surface area contributed by atoms with Crippen LogP contribution in [0.4, 0.5) is 17.1 Å². The summed E-state index contributed by atoms with van der Waals surface area (Å²) in [5, 5.41) is 5.16. The van der Waals surface area contributed by atoms with Gasteiger partial charge in [-0.05, 0) is 113 Å². The van der Waals surface area contributed by atoms with Crippen molar-refractivity contribution in [2.24, 2.45) is 0 Å². The van der Waals surface area contributed by atoms with Crippen LogP contribution in [-0.2, 0) is 5.41 Å². The number of nitrogens with zero attached hydrogens (tertiary/aromatic N) is 1. The molecule has 2 aliphatic rings.